The first-order chi connectivity index (χ1) is 14.1. The Bertz CT molecular complexity index is 907. The number of nitrogens with one attached hydrogen (secondary N) is 1. The maximum atomic E-state index is 13.0. The third-order valence-electron chi connectivity index (χ3n) is 5.47. The Labute approximate surface area is 174 Å². The fourth-order valence-electron chi connectivity index (χ4n) is 3.80. The zero-order valence-electron chi connectivity index (χ0n) is 16.7. The molecule has 3 aromatic rings. The van der Waals surface area contributed by atoms with Gasteiger partial charge in [-0.25, -0.2) is 4.68 Å². The monoisotopic (exact) mass is 410 g/mol. The number of carbonyl (C=O) groups excluding carboxylic acids is 1. The molecule has 0 saturated carbocycles. The fourth-order valence-corrected chi connectivity index (χ4v) is 4.45. The summed E-state index contributed by atoms with van der Waals surface area (Å²) in [6.07, 6.45) is 2.33. The predicted octanol–water partition coefficient (Wildman–Crippen LogP) is 2.99. The molecule has 1 aromatic carbocycles. The van der Waals surface area contributed by atoms with Gasteiger partial charge in [-0.2, -0.15) is 0 Å². The fraction of sp³-hybridized carbons (Fsp3) is 0.429. The van der Waals surface area contributed by atoms with E-state index in [9.17, 15) is 4.79 Å². The van der Waals surface area contributed by atoms with Crippen LogP contribution in [0.4, 0.5) is 0 Å². The first-order valence-electron chi connectivity index (χ1n) is 9.95. The first kappa shape index (κ1) is 19.7. The van der Waals surface area contributed by atoms with E-state index in [1.807, 2.05) is 17.5 Å². The van der Waals surface area contributed by atoms with E-state index in [1.54, 1.807) is 22.3 Å². The molecule has 1 fully saturated rings. The zero-order valence-corrected chi connectivity index (χ0v) is 17.5. The summed E-state index contributed by atoms with van der Waals surface area (Å²) in [6.45, 7) is 6.43. The minimum absolute atomic E-state index is 0.0628. The quantitative estimate of drug-likeness (QED) is 0.648. The Morgan fingerprint density at radius 1 is 1.28 bits per heavy atom. The van der Waals surface area contributed by atoms with Crippen LogP contribution in [0.25, 0.3) is 0 Å². The molecule has 8 heteroatoms. The average Bonchev–Trinajstić information content (AvgIpc) is 3.47. The lowest BCUT2D eigenvalue weighted by Gasteiger charge is -2.23. The molecule has 0 radical (unpaired) electrons. The minimum Gasteiger partial charge on any atom is -0.350 e. The molecule has 0 spiro atoms. The van der Waals surface area contributed by atoms with Gasteiger partial charge in [-0.3, -0.25) is 9.69 Å². The van der Waals surface area contributed by atoms with Crippen molar-refractivity contribution in [3.63, 3.8) is 0 Å². The lowest BCUT2D eigenvalue weighted by molar-refractivity contribution is -0.125. The highest BCUT2D eigenvalue weighted by atomic mass is 32.1. The maximum absolute atomic E-state index is 13.0. The molecule has 0 bridgehead atoms. The highest BCUT2D eigenvalue weighted by Gasteiger charge is 2.38. The van der Waals surface area contributed by atoms with E-state index < -0.39 is 0 Å². The number of hydrogen-bond donors (Lipinski definition) is 1. The molecule has 29 heavy (non-hydrogen) atoms. The highest BCUT2D eigenvalue weighted by Crippen LogP contribution is 2.29. The van der Waals surface area contributed by atoms with Crippen LogP contribution in [0.3, 0.4) is 0 Å². The number of rotatable bonds is 7. The van der Waals surface area contributed by atoms with Crippen molar-refractivity contribution >= 4 is 17.2 Å². The maximum Gasteiger partial charge on any atom is 0.237 e. The first-order valence-corrected chi connectivity index (χ1v) is 10.8. The van der Waals surface area contributed by atoms with Crippen molar-refractivity contribution in [3.8, 4) is 0 Å². The third-order valence-corrected chi connectivity index (χ3v) is 6.35. The average molecular weight is 411 g/mol. The lowest BCUT2D eigenvalue weighted by Crippen LogP contribution is -2.42. The van der Waals surface area contributed by atoms with Crippen LogP contribution in [0.15, 0.2) is 48.1 Å². The smallest absolute Gasteiger partial charge is 0.237 e. The van der Waals surface area contributed by atoms with Crippen LogP contribution in [0.2, 0.25) is 0 Å². The molecule has 0 unspecified atom stereocenters. The van der Waals surface area contributed by atoms with Crippen LogP contribution in [0.1, 0.15) is 48.2 Å². The van der Waals surface area contributed by atoms with Gasteiger partial charge in [0.2, 0.25) is 5.91 Å². The van der Waals surface area contributed by atoms with Crippen molar-refractivity contribution in [2.24, 2.45) is 0 Å². The molecule has 2 atom stereocenters. The summed E-state index contributed by atoms with van der Waals surface area (Å²) in [5, 5.41) is 16.7. The number of thiophene rings is 1. The molecular formula is C21H26N6OS. The number of hydrogen-bond acceptors (Lipinski definition) is 6. The summed E-state index contributed by atoms with van der Waals surface area (Å²) in [7, 11) is 0. The number of amides is 1. The van der Waals surface area contributed by atoms with E-state index in [0.29, 0.717) is 18.9 Å². The van der Waals surface area contributed by atoms with Crippen LogP contribution < -0.4 is 5.32 Å². The number of nitrogens with zero attached hydrogens (tertiary/aromatic N) is 5. The SMILES string of the molecule is CC(C)c1ccc(CN2C[C@@H](n3cnnn3)C[C@H]2C(=O)NCc2cccs2)cc1. The van der Waals surface area contributed by atoms with Crippen LogP contribution in [-0.2, 0) is 17.9 Å². The van der Waals surface area contributed by atoms with Gasteiger partial charge in [0, 0.05) is 18.0 Å². The van der Waals surface area contributed by atoms with Crippen molar-refractivity contribution in [3.05, 3.63) is 64.1 Å². The van der Waals surface area contributed by atoms with Crippen LogP contribution in [0.5, 0.6) is 0 Å². The van der Waals surface area contributed by atoms with Crippen molar-refractivity contribution in [2.75, 3.05) is 6.54 Å². The van der Waals surface area contributed by atoms with Crippen LogP contribution >= 0.6 is 11.3 Å². The zero-order chi connectivity index (χ0) is 20.2. The van der Waals surface area contributed by atoms with Gasteiger partial charge >= 0.3 is 0 Å². The molecule has 0 aliphatic carbocycles. The van der Waals surface area contributed by atoms with E-state index in [2.05, 4.69) is 63.9 Å². The van der Waals surface area contributed by atoms with E-state index in [-0.39, 0.29) is 18.0 Å². The van der Waals surface area contributed by atoms with Gasteiger partial charge in [-0.05, 0) is 45.3 Å². The Kier molecular flexibility index (Phi) is 6.01. The second-order valence-electron chi connectivity index (χ2n) is 7.82. The normalized spacial score (nSPS) is 19.7. The van der Waals surface area contributed by atoms with Gasteiger partial charge in [0.25, 0.3) is 0 Å². The minimum atomic E-state index is -0.200. The molecular weight excluding hydrogens is 384 g/mol. The molecule has 152 valence electrons. The number of likely N-dealkylation sites (tertiary alicyclic amines) is 1. The second-order valence-corrected chi connectivity index (χ2v) is 8.85. The van der Waals surface area contributed by atoms with Gasteiger partial charge < -0.3 is 5.32 Å². The molecule has 1 aliphatic heterocycles. The van der Waals surface area contributed by atoms with E-state index in [0.717, 1.165) is 18.0 Å². The number of carbonyl (C=O) groups is 1. The molecule has 7 nitrogen and oxygen atoms in total. The molecule has 1 aliphatic rings. The molecule has 4 rings (SSSR count). The van der Waals surface area contributed by atoms with Gasteiger partial charge in [0.1, 0.15) is 6.33 Å². The van der Waals surface area contributed by atoms with Crippen molar-refractivity contribution in [1.82, 2.24) is 30.4 Å². The topological polar surface area (TPSA) is 75.9 Å². The summed E-state index contributed by atoms with van der Waals surface area (Å²) < 4.78 is 1.77. The summed E-state index contributed by atoms with van der Waals surface area (Å²) >= 11 is 1.65. The van der Waals surface area contributed by atoms with E-state index in [4.69, 9.17) is 0 Å². The summed E-state index contributed by atoms with van der Waals surface area (Å²) in [6, 6.07) is 12.6. The second kappa shape index (κ2) is 8.84. The third kappa shape index (κ3) is 4.71. The van der Waals surface area contributed by atoms with Crippen molar-refractivity contribution in [2.45, 2.75) is 51.4 Å². The van der Waals surface area contributed by atoms with Crippen molar-refractivity contribution in [1.29, 1.82) is 0 Å². The van der Waals surface area contributed by atoms with E-state index >= 15 is 0 Å². The molecule has 2 aromatic heterocycles. The van der Waals surface area contributed by atoms with Gasteiger partial charge in [0.05, 0.1) is 18.6 Å². The van der Waals surface area contributed by atoms with Crippen LogP contribution in [-0.4, -0.2) is 43.6 Å². The Morgan fingerprint density at radius 2 is 2.10 bits per heavy atom. The largest absolute Gasteiger partial charge is 0.350 e. The van der Waals surface area contributed by atoms with Crippen molar-refractivity contribution < 1.29 is 4.79 Å². The Morgan fingerprint density at radius 3 is 2.76 bits per heavy atom. The standard InChI is InChI=1S/C21H26N6OS/c1-15(2)17-7-5-16(6-8-17)12-26-13-18(27-14-23-24-25-27)10-20(26)21(28)22-11-19-4-3-9-29-19/h3-9,14-15,18,20H,10-13H2,1-2H3,(H,22,28)/t18-,20-/m0/s1. The Balaban J connectivity index is 1.47. The number of tetrazole rings is 1. The number of benzene rings is 1. The molecule has 1 N–H and O–H groups in total. The summed E-state index contributed by atoms with van der Waals surface area (Å²) in [5.74, 6) is 0.573. The summed E-state index contributed by atoms with van der Waals surface area (Å²) in [4.78, 5) is 16.4. The van der Waals surface area contributed by atoms with Gasteiger partial charge in [-0.1, -0.05) is 44.2 Å². The lowest BCUT2D eigenvalue weighted by atomic mass is 10.0. The highest BCUT2D eigenvalue weighted by molar-refractivity contribution is 7.09. The molecule has 1 saturated heterocycles. The van der Waals surface area contributed by atoms with Crippen LogP contribution in [0, 0.1) is 0 Å². The van der Waals surface area contributed by atoms with Gasteiger partial charge in [-0.15, -0.1) is 16.4 Å². The van der Waals surface area contributed by atoms with E-state index in [1.165, 1.54) is 11.1 Å². The Hall–Kier alpha value is -2.58. The molecule has 3 heterocycles. The van der Waals surface area contributed by atoms with Gasteiger partial charge in [0.15, 0.2) is 0 Å². The predicted molar refractivity (Wildman–Crippen MR) is 112 cm³/mol. The summed E-state index contributed by atoms with van der Waals surface area (Å²) in [5.41, 5.74) is 2.54. The number of aromatic nitrogens is 4. The molecule has 1 amide bonds.